The molecule has 0 aromatic carbocycles. The van der Waals surface area contributed by atoms with Crippen molar-refractivity contribution in [3.8, 4) is 5.75 Å². The zero-order valence-electron chi connectivity index (χ0n) is 10.2. The fourth-order valence-electron chi connectivity index (χ4n) is 1.62. The van der Waals surface area contributed by atoms with Crippen LogP contribution < -0.4 is 5.56 Å². The number of ether oxygens (including phenoxy) is 1. The third-order valence-corrected chi connectivity index (χ3v) is 2.47. The van der Waals surface area contributed by atoms with Crippen molar-refractivity contribution >= 4 is 23.1 Å². The molecule has 98 valence electrons. The minimum Gasteiger partial charge on any atom is -0.506 e. The van der Waals surface area contributed by atoms with E-state index in [-0.39, 0.29) is 17.9 Å². The number of rotatable bonds is 3. The Morgan fingerprint density at radius 1 is 1.58 bits per heavy atom. The quantitative estimate of drug-likeness (QED) is 0.639. The molecule has 2 aromatic heterocycles. The molecule has 0 aliphatic heterocycles. The van der Waals surface area contributed by atoms with Gasteiger partial charge in [0.2, 0.25) is 0 Å². The van der Waals surface area contributed by atoms with Crippen molar-refractivity contribution in [2.75, 3.05) is 6.61 Å². The smallest absolute Gasteiger partial charge is 0.330 e. The van der Waals surface area contributed by atoms with Gasteiger partial charge in [-0.3, -0.25) is 4.79 Å². The number of aromatic nitrogens is 2. The normalized spacial score (nSPS) is 11.0. The second-order valence-electron chi connectivity index (χ2n) is 3.70. The minimum atomic E-state index is -0.576. The number of fused-ring (bicyclic) bond motifs is 1. The largest absolute Gasteiger partial charge is 0.506 e. The molecular weight excluding hydrogens is 248 g/mol. The molecule has 2 aromatic rings. The highest BCUT2D eigenvalue weighted by molar-refractivity contribution is 5.90. The number of H-pyrrole nitrogens is 1. The maximum Gasteiger partial charge on any atom is 0.330 e. The third kappa shape index (κ3) is 2.62. The Morgan fingerprint density at radius 2 is 2.37 bits per heavy atom. The molecule has 2 rings (SSSR count). The lowest BCUT2D eigenvalue weighted by Crippen LogP contribution is -2.10. The standard InChI is InChI=1S/C13H12N2O4/c1-2-19-10(16)6-5-9-11(17)8-4-3-7-14-12(8)15-13(9)18/h3-7H,2H2,1H3,(H2,14,15,17,18)/b6-5+. The van der Waals surface area contributed by atoms with E-state index >= 15 is 0 Å². The molecule has 2 heterocycles. The fraction of sp³-hybridized carbons (Fsp3) is 0.154. The van der Waals surface area contributed by atoms with E-state index in [2.05, 4.69) is 9.97 Å². The Bertz CT molecular complexity index is 703. The second-order valence-corrected chi connectivity index (χ2v) is 3.70. The van der Waals surface area contributed by atoms with Gasteiger partial charge in [0.15, 0.2) is 0 Å². The number of pyridine rings is 2. The lowest BCUT2D eigenvalue weighted by atomic mass is 10.1. The maximum atomic E-state index is 11.8. The van der Waals surface area contributed by atoms with Gasteiger partial charge >= 0.3 is 5.97 Å². The number of carbonyl (C=O) groups excluding carboxylic acids is 1. The molecule has 19 heavy (non-hydrogen) atoms. The van der Waals surface area contributed by atoms with Crippen LogP contribution in [0.3, 0.4) is 0 Å². The lowest BCUT2D eigenvalue weighted by molar-refractivity contribution is -0.137. The summed E-state index contributed by atoms with van der Waals surface area (Å²) >= 11 is 0. The van der Waals surface area contributed by atoms with Crippen LogP contribution in [0, 0.1) is 0 Å². The molecule has 0 fully saturated rings. The summed E-state index contributed by atoms with van der Waals surface area (Å²) in [6, 6.07) is 3.26. The molecule has 0 aliphatic carbocycles. The van der Waals surface area contributed by atoms with Gasteiger partial charge in [0.05, 0.1) is 17.6 Å². The molecule has 0 spiro atoms. The lowest BCUT2D eigenvalue weighted by Gasteiger charge is -2.03. The second kappa shape index (κ2) is 5.34. The number of aromatic amines is 1. The van der Waals surface area contributed by atoms with Gasteiger partial charge in [0, 0.05) is 12.3 Å². The van der Waals surface area contributed by atoms with Gasteiger partial charge in [-0.25, -0.2) is 9.78 Å². The van der Waals surface area contributed by atoms with Gasteiger partial charge in [-0.1, -0.05) is 0 Å². The van der Waals surface area contributed by atoms with Crippen LogP contribution in [0.1, 0.15) is 12.5 Å². The predicted octanol–water partition coefficient (Wildman–Crippen LogP) is 1.20. The number of carbonyl (C=O) groups is 1. The van der Waals surface area contributed by atoms with Gasteiger partial charge in [0.25, 0.3) is 5.56 Å². The van der Waals surface area contributed by atoms with E-state index < -0.39 is 11.5 Å². The topological polar surface area (TPSA) is 92.3 Å². The highest BCUT2D eigenvalue weighted by atomic mass is 16.5. The van der Waals surface area contributed by atoms with E-state index in [1.165, 1.54) is 12.3 Å². The van der Waals surface area contributed by atoms with E-state index in [9.17, 15) is 14.7 Å². The summed E-state index contributed by atoms with van der Waals surface area (Å²) in [6.45, 7) is 1.92. The van der Waals surface area contributed by atoms with Crippen LogP contribution in [0.15, 0.2) is 29.2 Å². The van der Waals surface area contributed by atoms with Gasteiger partial charge in [-0.15, -0.1) is 0 Å². The fourth-order valence-corrected chi connectivity index (χ4v) is 1.62. The molecule has 0 radical (unpaired) electrons. The maximum absolute atomic E-state index is 11.8. The molecule has 0 amide bonds. The van der Waals surface area contributed by atoms with E-state index in [1.54, 1.807) is 19.1 Å². The summed E-state index contributed by atoms with van der Waals surface area (Å²) in [6.07, 6.45) is 3.82. The summed E-state index contributed by atoms with van der Waals surface area (Å²) in [5, 5.41) is 10.4. The van der Waals surface area contributed by atoms with Crippen molar-refractivity contribution in [3.05, 3.63) is 40.3 Å². The SMILES string of the molecule is CCOC(=O)/C=C/c1c(O)c2cccnc2[nH]c1=O. The van der Waals surface area contributed by atoms with E-state index in [4.69, 9.17) is 4.74 Å². The van der Waals surface area contributed by atoms with Crippen molar-refractivity contribution in [3.63, 3.8) is 0 Å². The Morgan fingerprint density at radius 3 is 3.11 bits per heavy atom. The zero-order valence-corrected chi connectivity index (χ0v) is 10.2. The summed E-state index contributed by atoms with van der Waals surface area (Å²) in [7, 11) is 0. The highest BCUT2D eigenvalue weighted by Gasteiger charge is 2.10. The predicted molar refractivity (Wildman–Crippen MR) is 69.7 cm³/mol. The number of nitrogens with zero attached hydrogens (tertiary/aromatic N) is 1. The van der Waals surface area contributed by atoms with Crippen molar-refractivity contribution < 1.29 is 14.6 Å². The number of aromatic hydroxyl groups is 1. The molecule has 2 N–H and O–H groups in total. The molecule has 6 nitrogen and oxygen atoms in total. The van der Waals surface area contributed by atoms with Gasteiger partial charge in [-0.2, -0.15) is 0 Å². The Hall–Kier alpha value is -2.63. The Labute approximate surface area is 108 Å². The van der Waals surface area contributed by atoms with Crippen LogP contribution in [-0.4, -0.2) is 27.7 Å². The summed E-state index contributed by atoms with van der Waals surface area (Å²) in [4.78, 5) is 29.4. The molecule has 0 saturated carbocycles. The average molecular weight is 260 g/mol. The molecule has 0 atom stereocenters. The van der Waals surface area contributed by atoms with Crippen LogP contribution in [-0.2, 0) is 9.53 Å². The van der Waals surface area contributed by atoms with Crippen molar-refractivity contribution in [1.29, 1.82) is 0 Å². The van der Waals surface area contributed by atoms with Gasteiger partial charge in [0.1, 0.15) is 11.4 Å². The van der Waals surface area contributed by atoms with Crippen molar-refractivity contribution in [2.45, 2.75) is 6.92 Å². The summed E-state index contributed by atoms with van der Waals surface area (Å²) in [5.74, 6) is -0.792. The van der Waals surface area contributed by atoms with Crippen molar-refractivity contribution in [2.24, 2.45) is 0 Å². The molecule has 0 aliphatic rings. The molecule has 6 heteroatoms. The Kier molecular flexibility index (Phi) is 3.61. The monoisotopic (exact) mass is 260 g/mol. The number of nitrogens with one attached hydrogen (secondary N) is 1. The minimum absolute atomic E-state index is 0.00597. The van der Waals surface area contributed by atoms with Crippen LogP contribution in [0.5, 0.6) is 5.75 Å². The van der Waals surface area contributed by atoms with Gasteiger partial charge in [-0.05, 0) is 25.1 Å². The first-order valence-corrected chi connectivity index (χ1v) is 5.68. The van der Waals surface area contributed by atoms with Crippen LogP contribution in [0.2, 0.25) is 0 Å². The van der Waals surface area contributed by atoms with Crippen molar-refractivity contribution in [1.82, 2.24) is 9.97 Å². The van der Waals surface area contributed by atoms with Crippen LogP contribution >= 0.6 is 0 Å². The van der Waals surface area contributed by atoms with Crippen LogP contribution in [0.25, 0.3) is 17.1 Å². The first-order valence-electron chi connectivity index (χ1n) is 5.68. The first kappa shape index (κ1) is 12.8. The van der Waals surface area contributed by atoms with E-state index in [0.717, 1.165) is 6.08 Å². The third-order valence-electron chi connectivity index (χ3n) is 2.47. The number of hydrogen-bond donors (Lipinski definition) is 2. The number of esters is 1. The summed E-state index contributed by atoms with van der Waals surface area (Å²) in [5.41, 5.74) is -0.240. The first-order chi connectivity index (χ1) is 9.13. The number of hydrogen-bond acceptors (Lipinski definition) is 5. The Balaban J connectivity index is 2.49. The molecular formula is C13H12N2O4. The van der Waals surface area contributed by atoms with E-state index in [0.29, 0.717) is 11.0 Å². The summed E-state index contributed by atoms with van der Waals surface area (Å²) < 4.78 is 4.70. The molecule has 0 bridgehead atoms. The highest BCUT2D eigenvalue weighted by Crippen LogP contribution is 2.23. The molecule has 0 saturated heterocycles. The average Bonchev–Trinajstić information content (AvgIpc) is 2.39. The zero-order chi connectivity index (χ0) is 13.8. The van der Waals surface area contributed by atoms with Gasteiger partial charge < -0.3 is 14.8 Å². The van der Waals surface area contributed by atoms with E-state index in [1.807, 2.05) is 0 Å². The van der Waals surface area contributed by atoms with Crippen LogP contribution in [0.4, 0.5) is 0 Å². The molecule has 0 unspecified atom stereocenters.